The Hall–Kier alpha value is -3.72. The maximum absolute atomic E-state index is 12.4. The Balaban J connectivity index is 1.38. The normalized spacial score (nSPS) is 13.7. The van der Waals surface area contributed by atoms with E-state index in [1.54, 1.807) is 30.5 Å². The number of nitrogens with one attached hydrogen (secondary N) is 2. The highest BCUT2D eigenvalue weighted by Gasteiger charge is 2.25. The highest BCUT2D eigenvalue weighted by atomic mass is 32.2. The van der Waals surface area contributed by atoms with Crippen LogP contribution in [0.4, 0.5) is 22.0 Å². The van der Waals surface area contributed by atoms with Crippen LogP contribution in [0.15, 0.2) is 59.8 Å². The monoisotopic (exact) mass is 446 g/mol. The topological polar surface area (TPSA) is 115 Å². The Bertz CT molecular complexity index is 1360. The molecule has 2 aromatic carbocycles. The van der Waals surface area contributed by atoms with Crippen molar-refractivity contribution in [2.24, 2.45) is 0 Å². The van der Waals surface area contributed by atoms with Crippen molar-refractivity contribution in [3.05, 3.63) is 66.1 Å². The van der Waals surface area contributed by atoms with Crippen LogP contribution in [0.25, 0.3) is 16.7 Å². The molecule has 1 aliphatic rings. The van der Waals surface area contributed by atoms with Gasteiger partial charge in [-0.3, -0.25) is 4.21 Å². The van der Waals surface area contributed by atoms with E-state index in [0.717, 1.165) is 36.0 Å². The van der Waals surface area contributed by atoms with Gasteiger partial charge in [0, 0.05) is 44.7 Å². The number of carbonyl (C=O) groups is 1. The Kier molecular flexibility index (Phi) is 5.10. The van der Waals surface area contributed by atoms with Gasteiger partial charge in [-0.2, -0.15) is 0 Å². The molecule has 32 heavy (non-hydrogen) atoms. The van der Waals surface area contributed by atoms with E-state index in [9.17, 15) is 9.00 Å². The molecule has 4 N–H and O–H groups in total. The van der Waals surface area contributed by atoms with Gasteiger partial charge in [-0.1, -0.05) is 6.07 Å². The molecule has 2 aromatic heterocycles. The molecule has 0 bridgehead atoms. The second kappa shape index (κ2) is 8.08. The van der Waals surface area contributed by atoms with E-state index >= 15 is 0 Å². The minimum absolute atomic E-state index is 0.373. The SMILES string of the molecule is CS(=O)c1cccc(NC(=O)Nc2ccc(-n3c4c(c5ncnc(N)c53)CCC4)cc2)c1. The van der Waals surface area contributed by atoms with Crippen molar-refractivity contribution in [3.8, 4) is 5.69 Å². The van der Waals surface area contributed by atoms with Crippen molar-refractivity contribution in [1.82, 2.24) is 14.5 Å². The summed E-state index contributed by atoms with van der Waals surface area (Å²) in [5, 5.41) is 5.60. The first-order valence-electron chi connectivity index (χ1n) is 10.3. The number of nitrogen functional groups attached to an aromatic ring is 1. The number of anilines is 3. The predicted molar refractivity (Wildman–Crippen MR) is 127 cm³/mol. The molecule has 162 valence electrons. The van der Waals surface area contributed by atoms with Gasteiger partial charge in [0.25, 0.3) is 0 Å². The summed E-state index contributed by atoms with van der Waals surface area (Å²) in [6.07, 6.45) is 6.16. The van der Waals surface area contributed by atoms with Gasteiger partial charge in [-0.05, 0) is 67.3 Å². The first kappa shape index (κ1) is 20.2. The molecule has 5 rings (SSSR count). The predicted octanol–water partition coefficient (Wildman–Crippen LogP) is 3.87. The second-order valence-electron chi connectivity index (χ2n) is 7.68. The van der Waals surface area contributed by atoms with E-state index in [2.05, 4.69) is 25.2 Å². The summed E-state index contributed by atoms with van der Waals surface area (Å²) >= 11 is 0. The van der Waals surface area contributed by atoms with Gasteiger partial charge in [0.15, 0.2) is 5.82 Å². The maximum Gasteiger partial charge on any atom is 0.323 e. The van der Waals surface area contributed by atoms with Crippen LogP contribution in [0.2, 0.25) is 0 Å². The Morgan fingerprint density at radius 3 is 2.62 bits per heavy atom. The number of urea groups is 1. The quantitative estimate of drug-likeness (QED) is 0.440. The summed E-state index contributed by atoms with van der Waals surface area (Å²) in [7, 11) is -1.11. The molecular weight excluding hydrogens is 424 g/mol. The van der Waals surface area contributed by atoms with Crippen molar-refractivity contribution in [2.75, 3.05) is 22.6 Å². The number of nitrogens with zero attached hydrogens (tertiary/aromatic N) is 3. The van der Waals surface area contributed by atoms with Gasteiger partial charge in [0.2, 0.25) is 0 Å². The van der Waals surface area contributed by atoms with Crippen LogP contribution in [0, 0.1) is 0 Å². The molecule has 1 aliphatic carbocycles. The van der Waals surface area contributed by atoms with Gasteiger partial charge in [0.05, 0.1) is 5.52 Å². The van der Waals surface area contributed by atoms with Crippen LogP contribution in [0.5, 0.6) is 0 Å². The molecule has 0 spiro atoms. The lowest BCUT2D eigenvalue weighted by Crippen LogP contribution is -2.19. The molecule has 8 nitrogen and oxygen atoms in total. The number of rotatable bonds is 4. The summed E-state index contributed by atoms with van der Waals surface area (Å²) < 4.78 is 13.8. The van der Waals surface area contributed by atoms with Crippen LogP contribution >= 0.6 is 0 Å². The number of carbonyl (C=O) groups excluding carboxylic acids is 1. The molecule has 0 saturated carbocycles. The van der Waals surface area contributed by atoms with Gasteiger partial charge < -0.3 is 20.9 Å². The zero-order valence-electron chi connectivity index (χ0n) is 17.5. The lowest BCUT2D eigenvalue weighted by Gasteiger charge is -2.12. The van der Waals surface area contributed by atoms with Crippen molar-refractivity contribution in [1.29, 1.82) is 0 Å². The van der Waals surface area contributed by atoms with Crippen LogP contribution in [-0.4, -0.2) is 31.0 Å². The number of hydrogen-bond donors (Lipinski definition) is 3. The third-order valence-corrected chi connectivity index (χ3v) is 6.54. The van der Waals surface area contributed by atoms with E-state index in [4.69, 9.17) is 5.73 Å². The number of amides is 2. The Morgan fingerprint density at radius 1 is 1.06 bits per heavy atom. The van der Waals surface area contributed by atoms with E-state index in [1.165, 1.54) is 17.6 Å². The van der Waals surface area contributed by atoms with Gasteiger partial charge >= 0.3 is 6.03 Å². The summed E-state index contributed by atoms with van der Waals surface area (Å²) in [5.41, 5.74) is 12.6. The van der Waals surface area contributed by atoms with Crippen LogP contribution in [0.3, 0.4) is 0 Å². The van der Waals surface area contributed by atoms with Crippen LogP contribution in [-0.2, 0) is 23.6 Å². The van der Waals surface area contributed by atoms with Crippen LogP contribution < -0.4 is 16.4 Å². The first-order valence-corrected chi connectivity index (χ1v) is 11.8. The number of fused-ring (bicyclic) bond motifs is 3. The molecule has 2 heterocycles. The summed E-state index contributed by atoms with van der Waals surface area (Å²) in [4.78, 5) is 21.7. The lowest BCUT2D eigenvalue weighted by atomic mass is 10.2. The summed E-state index contributed by atoms with van der Waals surface area (Å²) in [5.74, 6) is 0.459. The highest BCUT2D eigenvalue weighted by molar-refractivity contribution is 7.84. The molecule has 0 fully saturated rings. The number of hydrogen-bond acceptors (Lipinski definition) is 5. The summed E-state index contributed by atoms with van der Waals surface area (Å²) in [6, 6.07) is 14.2. The number of benzene rings is 2. The van der Waals surface area contributed by atoms with Gasteiger partial charge in [0.1, 0.15) is 11.8 Å². The molecule has 2 amide bonds. The molecule has 9 heteroatoms. The maximum atomic E-state index is 12.4. The molecule has 0 aliphatic heterocycles. The fourth-order valence-electron chi connectivity index (χ4n) is 4.22. The van der Waals surface area contributed by atoms with E-state index < -0.39 is 10.8 Å². The zero-order valence-corrected chi connectivity index (χ0v) is 18.3. The molecule has 1 unspecified atom stereocenters. The van der Waals surface area contributed by atoms with E-state index in [-0.39, 0.29) is 6.03 Å². The van der Waals surface area contributed by atoms with Crippen molar-refractivity contribution < 1.29 is 9.00 Å². The Morgan fingerprint density at radius 2 is 1.84 bits per heavy atom. The average molecular weight is 447 g/mol. The second-order valence-corrected chi connectivity index (χ2v) is 9.06. The minimum Gasteiger partial charge on any atom is -0.382 e. The zero-order chi connectivity index (χ0) is 22.2. The standard InChI is InChI=1S/C23H22N6O2S/c1-32(31)17-5-2-4-15(12-17)28-23(30)27-14-8-10-16(11-9-14)29-19-7-3-6-18(19)20-21(29)22(24)26-13-25-20/h2,4-5,8-13H,3,6-7H2,1H3,(H2,24,25,26)(H2,27,28,30). The number of aromatic nitrogens is 3. The minimum atomic E-state index is -1.11. The highest BCUT2D eigenvalue weighted by Crippen LogP contribution is 2.36. The molecule has 4 aromatic rings. The van der Waals surface area contributed by atoms with Crippen molar-refractivity contribution in [3.63, 3.8) is 0 Å². The van der Waals surface area contributed by atoms with Crippen LogP contribution in [0.1, 0.15) is 17.7 Å². The van der Waals surface area contributed by atoms with Gasteiger partial charge in [-0.15, -0.1) is 0 Å². The smallest absolute Gasteiger partial charge is 0.323 e. The van der Waals surface area contributed by atoms with E-state index in [1.807, 2.05) is 24.3 Å². The van der Waals surface area contributed by atoms with Crippen molar-refractivity contribution >= 4 is 45.1 Å². The third-order valence-electron chi connectivity index (χ3n) is 5.63. The molecular formula is C23H22N6O2S. The summed E-state index contributed by atoms with van der Waals surface area (Å²) in [6.45, 7) is 0. The third kappa shape index (κ3) is 3.60. The number of aryl methyl sites for hydroxylation is 1. The average Bonchev–Trinajstić information content (AvgIpc) is 3.36. The first-order chi connectivity index (χ1) is 15.5. The molecule has 1 atom stereocenters. The molecule has 0 saturated heterocycles. The Labute approximate surface area is 187 Å². The largest absolute Gasteiger partial charge is 0.382 e. The van der Waals surface area contributed by atoms with E-state index in [0.29, 0.717) is 22.1 Å². The van der Waals surface area contributed by atoms with Gasteiger partial charge in [-0.25, -0.2) is 14.8 Å². The lowest BCUT2D eigenvalue weighted by molar-refractivity contribution is 0.262. The number of nitrogens with two attached hydrogens (primary N) is 1. The fourth-order valence-corrected chi connectivity index (χ4v) is 4.79. The fraction of sp³-hybridized carbons (Fsp3) is 0.174. The molecule has 0 radical (unpaired) electrons. The van der Waals surface area contributed by atoms with Crippen molar-refractivity contribution in [2.45, 2.75) is 24.2 Å².